The van der Waals surface area contributed by atoms with Gasteiger partial charge in [-0.15, -0.1) is 0 Å². The van der Waals surface area contributed by atoms with Gasteiger partial charge in [0.15, 0.2) is 0 Å². The molecule has 0 aromatic heterocycles. The molecule has 0 bridgehead atoms. The van der Waals surface area contributed by atoms with Gasteiger partial charge in [0.25, 0.3) is 0 Å². The van der Waals surface area contributed by atoms with E-state index in [1.165, 1.54) is 18.4 Å². The van der Waals surface area contributed by atoms with Gasteiger partial charge in [-0.1, -0.05) is 32.0 Å². The van der Waals surface area contributed by atoms with Crippen molar-refractivity contribution in [2.75, 3.05) is 6.54 Å². The van der Waals surface area contributed by atoms with Crippen LogP contribution in [-0.4, -0.2) is 6.54 Å². The first-order chi connectivity index (χ1) is 6.79. The number of benzene rings is 1. The van der Waals surface area contributed by atoms with E-state index in [4.69, 9.17) is 0 Å². The van der Waals surface area contributed by atoms with Crippen molar-refractivity contribution in [2.45, 2.75) is 39.2 Å². The molecule has 1 N–H and O–H groups in total. The summed E-state index contributed by atoms with van der Waals surface area (Å²) in [5, 5.41) is 3.50. The van der Waals surface area contributed by atoms with Crippen LogP contribution in [0.15, 0.2) is 18.2 Å². The highest BCUT2D eigenvalue weighted by molar-refractivity contribution is 5.37. The quantitative estimate of drug-likeness (QED) is 0.716. The fourth-order valence-corrected chi connectivity index (χ4v) is 2.26. The Morgan fingerprint density at radius 1 is 1.29 bits per heavy atom. The van der Waals surface area contributed by atoms with Crippen molar-refractivity contribution < 1.29 is 0 Å². The Kier molecular flexibility index (Phi) is 2.87. The van der Waals surface area contributed by atoms with Crippen LogP contribution in [0.2, 0.25) is 0 Å². The summed E-state index contributed by atoms with van der Waals surface area (Å²) in [6.45, 7) is 6.77. The molecule has 1 heteroatoms. The van der Waals surface area contributed by atoms with Crippen molar-refractivity contribution in [3.63, 3.8) is 0 Å². The molecule has 0 spiro atoms. The third kappa shape index (κ3) is 1.83. The predicted molar refractivity (Wildman–Crippen MR) is 60.6 cm³/mol. The first-order valence-corrected chi connectivity index (χ1v) is 5.60. The van der Waals surface area contributed by atoms with E-state index in [0.717, 1.165) is 13.1 Å². The van der Waals surface area contributed by atoms with E-state index in [-0.39, 0.29) is 0 Å². The van der Waals surface area contributed by atoms with Crippen LogP contribution in [-0.2, 0) is 13.0 Å². The molecule has 1 aliphatic heterocycles. The van der Waals surface area contributed by atoms with Crippen molar-refractivity contribution >= 4 is 0 Å². The molecular weight excluding hydrogens is 170 g/mol. The normalized spacial score (nSPS) is 16.5. The van der Waals surface area contributed by atoms with Crippen molar-refractivity contribution in [1.29, 1.82) is 0 Å². The summed E-state index contributed by atoms with van der Waals surface area (Å²) in [4.78, 5) is 0. The molecule has 1 heterocycles. The number of hydrogen-bond donors (Lipinski definition) is 1. The molecule has 0 radical (unpaired) electrons. The van der Waals surface area contributed by atoms with Crippen LogP contribution in [0.1, 0.15) is 42.9 Å². The summed E-state index contributed by atoms with van der Waals surface area (Å²) in [7, 11) is 0. The lowest BCUT2D eigenvalue weighted by molar-refractivity contribution is 0.675. The SMILES string of the molecule is CC(C)c1cccc2c1CNCCC2. The molecule has 0 amide bonds. The zero-order valence-corrected chi connectivity index (χ0v) is 9.14. The molecular formula is C13H19N. The van der Waals surface area contributed by atoms with Crippen LogP contribution in [0.5, 0.6) is 0 Å². The molecule has 0 aliphatic carbocycles. The zero-order chi connectivity index (χ0) is 9.97. The van der Waals surface area contributed by atoms with Crippen LogP contribution in [0, 0.1) is 0 Å². The monoisotopic (exact) mass is 189 g/mol. The Morgan fingerprint density at radius 3 is 2.93 bits per heavy atom. The molecule has 0 atom stereocenters. The number of nitrogens with one attached hydrogen (secondary N) is 1. The molecule has 0 saturated carbocycles. The van der Waals surface area contributed by atoms with E-state index in [1.54, 1.807) is 11.1 Å². The second kappa shape index (κ2) is 4.14. The summed E-state index contributed by atoms with van der Waals surface area (Å²) >= 11 is 0. The highest BCUT2D eigenvalue weighted by atomic mass is 14.9. The first kappa shape index (κ1) is 9.72. The van der Waals surface area contributed by atoms with Gasteiger partial charge in [-0.3, -0.25) is 0 Å². The molecule has 76 valence electrons. The minimum Gasteiger partial charge on any atom is -0.313 e. The highest BCUT2D eigenvalue weighted by Gasteiger charge is 2.12. The second-order valence-electron chi connectivity index (χ2n) is 4.42. The van der Waals surface area contributed by atoms with Gasteiger partial charge in [0, 0.05) is 6.54 Å². The van der Waals surface area contributed by atoms with E-state index in [2.05, 4.69) is 37.4 Å². The fraction of sp³-hybridized carbons (Fsp3) is 0.538. The predicted octanol–water partition coefficient (Wildman–Crippen LogP) is 2.85. The topological polar surface area (TPSA) is 12.0 Å². The fourth-order valence-electron chi connectivity index (χ4n) is 2.26. The third-order valence-corrected chi connectivity index (χ3v) is 3.03. The molecule has 1 aromatic carbocycles. The van der Waals surface area contributed by atoms with Crippen molar-refractivity contribution in [3.05, 3.63) is 34.9 Å². The van der Waals surface area contributed by atoms with Gasteiger partial charge in [-0.25, -0.2) is 0 Å². The van der Waals surface area contributed by atoms with Crippen LogP contribution in [0.3, 0.4) is 0 Å². The van der Waals surface area contributed by atoms with E-state index >= 15 is 0 Å². The smallest absolute Gasteiger partial charge is 0.0211 e. The molecule has 0 unspecified atom stereocenters. The van der Waals surface area contributed by atoms with Crippen molar-refractivity contribution in [1.82, 2.24) is 5.32 Å². The summed E-state index contributed by atoms with van der Waals surface area (Å²) < 4.78 is 0. The molecule has 1 aromatic rings. The Balaban J connectivity index is 2.42. The Morgan fingerprint density at radius 2 is 2.14 bits per heavy atom. The van der Waals surface area contributed by atoms with E-state index in [1.807, 2.05) is 0 Å². The molecule has 1 nitrogen and oxygen atoms in total. The molecule has 14 heavy (non-hydrogen) atoms. The molecule has 0 saturated heterocycles. The Hall–Kier alpha value is -0.820. The third-order valence-electron chi connectivity index (χ3n) is 3.03. The molecule has 0 fully saturated rings. The second-order valence-corrected chi connectivity index (χ2v) is 4.42. The van der Waals surface area contributed by atoms with E-state index < -0.39 is 0 Å². The number of fused-ring (bicyclic) bond motifs is 1. The van der Waals surface area contributed by atoms with Gasteiger partial charge in [0.2, 0.25) is 0 Å². The lowest BCUT2D eigenvalue weighted by Crippen LogP contribution is -2.13. The van der Waals surface area contributed by atoms with Crippen LogP contribution < -0.4 is 5.32 Å². The standard InChI is InChI=1S/C13H19N/c1-10(2)12-7-3-5-11-6-4-8-14-9-13(11)12/h3,5,7,10,14H,4,6,8-9H2,1-2H3. The minimum absolute atomic E-state index is 0.643. The summed E-state index contributed by atoms with van der Waals surface area (Å²) in [6, 6.07) is 6.77. The van der Waals surface area contributed by atoms with Gasteiger partial charge in [0.1, 0.15) is 0 Å². The van der Waals surface area contributed by atoms with Crippen LogP contribution >= 0.6 is 0 Å². The largest absolute Gasteiger partial charge is 0.313 e. The highest BCUT2D eigenvalue weighted by Crippen LogP contribution is 2.24. The maximum absolute atomic E-state index is 3.50. The number of aryl methyl sites for hydroxylation is 1. The summed E-state index contributed by atoms with van der Waals surface area (Å²) in [6.07, 6.45) is 2.51. The minimum atomic E-state index is 0.643. The molecule has 1 aliphatic rings. The van der Waals surface area contributed by atoms with Crippen molar-refractivity contribution in [3.8, 4) is 0 Å². The van der Waals surface area contributed by atoms with Gasteiger partial charge in [0.05, 0.1) is 0 Å². The van der Waals surface area contributed by atoms with Gasteiger partial charge >= 0.3 is 0 Å². The maximum atomic E-state index is 3.50. The Labute approximate surface area is 86.5 Å². The summed E-state index contributed by atoms with van der Waals surface area (Å²) in [5.74, 6) is 0.643. The molecule has 2 rings (SSSR count). The average Bonchev–Trinajstić information content (AvgIpc) is 2.41. The van der Waals surface area contributed by atoms with Crippen molar-refractivity contribution in [2.24, 2.45) is 0 Å². The number of rotatable bonds is 1. The summed E-state index contributed by atoms with van der Waals surface area (Å²) in [5.41, 5.74) is 4.64. The first-order valence-electron chi connectivity index (χ1n) is 5.60. The average molecular weight is 189 g/mol. The van der Waals surface area contributed by atoms with Gasteiger partial charge in [-0.2, -0.15) is 0 Å². The number of hydrogen-bond acceptors (Lipinski definition) is 1. The van der Waals surface area contributed by atoms with Gasteiger partial charge < -0.3 is 5.32 Å². The van der Waals surface area contributed by atoms with Crippen LogP contribution in [0.25, 0.3) is 0 Å². The van der Waals surface area contributed by atoms with Crippen LogP contribution in [0.4, 0.5) is 0 Å². The zero-order valence-electron chi connectivity index (χ0n) is 9.14. The lowest BCUT2D eigenvalue weighted by atomic mass is 9.92. The van der Waals surface area contributed by atoms with Gasteiger partial charge in [-0.05, 0) is 42.0 Å². The lowest BCUT2D eigenvalue weighted by Gasteiger charge is -2.14. The van der Waals surface area contributed by atoms with E-state index in [0.29, 0.717) is 5.92 Å². The Bertz CT molecular complexity index is 315. The van der Waals surface area contributed by atoms with E-state index in [9.17, 15) is 0 Å². The maximum Gasteiger partial charge on any atom is 0.0211 e.